The molecule has 4 rings (SSSR count). The van der Waals surface area contributed by atoms with Gasteiger partial charge in [0.1, 0.15) is 22.8 Å². The molecule has 8 nitrogen and oxygen atoms in total. The number of carbonyl (C=O) groups is 2. The summed E-state index contributed by atoms with van der Waals surface area (Å²) in [4.78, 5) is 24.8. The lowest BCUT2D eigenvalue weighted by Gasteiger charge is -2.12. The average molecular weight is 448 g/mol. The zero-order valence-electron chi connectivity index (χ0n) is 18.9. The number of aryl methyl sites for hydroxylation is 1. The molecule has 2 aromatic carbocycles. The van der Waals surface area contributed by atoms with Crippen molar-refractivity contribution in [3.05, 3.63) is 64.7 Å². The number of carbonyl (C=O) groups excluding carboxylic acids is 2. The highest BCUT2D eigenvalue weighted by atomic mass is 16.5. The summed E-state index contributed by atoms with van der Waals surface area (Å²) in [7, 11) is 1.54. The van der Waals surface area contributed by atoms with E-state index in [1.54, 1.807) is 22.9 Å². The van der Waals surface area contributed by atoms with Crippen LogP contribution in [-0.4, -0.2) is 28.7 Å². The second kappa shape index (κ2) is 9.36. The minimum atomic E-state index is -0.584. The van der Waals surface area contributed by atoms with Gasteiger partial charge in [-0.2, -0.15) is 5.10 Å². The average Bonchev–Trinajstić information content (AvgIpc) is 3.45. The molecule has 0 bridgehead atoms. The number of anilines is 1. The van der Waals surface area contributed by atoms with Crippen molar-refractivity contribution < 1.29 is 14.3 Å². The van der Waals surface area contributed by atoms with E-state index in [9.17, 15) is 9.59 Å². The van der Waals surface area contributed by atoms with Gasteiger partial charge in [0.2, 0.25) is 0 Å². The Kier molecular flexibility index (Phi) is 6.35. The molecule has 0 unspecified atom stereocenters. The summed E-state index contributed by atoms with van der Waals surface area (Å²) in [6.45, 7) is 2.29. The van der Waals surface area contributed by atoms with Crippen molar-refractivity contribution in [1.29, 1.82) is 0 Å². The molecular formula is C25H29N5O3. The highest BCUT2D eigenvalue weighted by Crippen LogP contribution is 2.36. The van der Waals surface area contributed by atoms with Crippen LogP contribution in [-0.2, 0) is 6.54 Å². The Balaban J connectivity index is 1.57. The topological polar surface area (TPSA) is 125 Å². The van der Waals surface area contributed by atoms with Gasteiger partial charge >= 0.3 is 0 Å². The van der Waals surface area contributed by atoms with E-state index in [-0.39, 0.29) is 17.5 Å². The zero-order chi connectivity index (χ0) is 23.5. The summed E-state index contributed by atoms with van der Waals surface area (Å²) in [5.41, 5.74) is 15.9. The van der Waals surface area contributed by atoms with Crippen molar-refractivity contribution in [3.63, 3.8) is 0 Å². The van der Waals surface area contributed by atoms with Crippen molar-refractivity contribution in [3.8, 4) is 17.0 Å². The van der Waals surface area contributed by atoms with Gasteiger partial charge < -0.3 is 21.5 Å². The number of nitrogens with two attached hydrogens (primary N) is 2. The van der Waals surface area contributed by atoms with Gasteiger partial charge in [0.05, 0.1) is 18.7 Å². The standard InChI is InChI=1S/C25H29N5O3/c1-15-13-16(14-28-25(32)19-9-5-6-10-20(19)33-2)11-12-18(15)22-21(24(27)31)23(26)30(29-22)17-7-3-4-8-17/h5-6,9-13,17H,3-4,7-8,14,26H2,1-2H3,(H2,27,31)(H,28,32). The fourth-order valence-electron chi connectivity index (χ4n) is 4.52. The van der Waals surface area contributed by atoms with Gasteiger partial charge in [-0.05, 0) is 43.0 Å². The van der Waals surface area contributed by atoms with Crippen LogP contribution >= 0.6 is 0 Å². The molecule has 0 saturated heterocycles. The second-order valence-electron chi connectivity index (χ2n) is 8.39. The molecule has 1 fully saturated rings. The molecule has 1 aromatic heterocycles. The molecule has 2 amide bonds. The number of benzene rings is 2. The molecule has 0 atom stereocenters. The largest absolute Gasteiger partial charge is 0.496 e. The van der Waals surface area contributed by atoms with Crippen LogP contribution in [0.25, 0.3) is 11.3 Å². The maximum atomic E-state index is 12.6. The Morgan fingerprint density at radius 3 is 2.58 bits per heavy atom. The molecule has 5 N–H and O–H groups in total. The third-order valence-electron chi connectivity index (χ3n) is 6.22. The van der Waals surface area contributed by atoms with E-state index >= 15 is 0 Å². The molecule has 1 saturated carbocycles. The van der Waals surface area contributed by atoms with Crippen LogP contribution in [0.2, 0.25) is 0 Å². The van der Waals surface area contributed by atoms with Crippen LogP contribution in [0.4, 0.5) is 5.82 Å². The van der Waals surface area contributed by atoms with Gasteiger partial charge in [0, 0.05) is 12.1 Å². The van der Waals surface area contributed by atoms with E-state index in [0.717, 1.165) is 42.4 Å². The fraction of sp³-hybridized carbons (Fsp3) is 0.320. The van der Waals surface area contributed by atoms with Crippen LogP contribution in [0.15, 0.2) is 42.5 Å². The number of ether oxygens (including phenoxy) is 1. The summed E-state index contributed by atoms with van der Waals surface area (Å²) in [5, 5.41) is 7.64. The monoisotopic (exact) mass is 447 g/mol. The number of nitrogen functional groups attached to an aromatic ring is 1. The lowest BCUT2D eigenvalue weighted by Crippen LogP contribution is -2.23. The maximum absolute atomic E-state index is 12.6. The molecule has 1 aliphatic carbocycles. The van der Waals surface area contributed by atoms with Gasteiger partial charge in [-0.15, -0.1) is 0 Å². The third kappa shape index (κ3) is 4.41. The minimum absolute atomic E-state index is 0.196. The summed E-state index contributed by atoms with van der Waals surface area (Å²) < 4.78 is 7.03. The second-order valence-corrected chi connectivity index (χ2v) is 8.39. The predicted octanol–water partition coefficient (Wildman–Crippen LogP) is 3.59. The van der Waals surface area contributed by atoms with Gasteiger partial charge in [0.15, 0.2) is 0 Å². The van der Waals surface area contributed by atoms with E-state index in [0.29, 0.717) is 29.4 Å². The quantitative estimate of drug-likeness (QED) is 0.510. The maximum Gasteiger partial charge on any atom is 0.255 e. The van der Waals surface area contributed by atoms with Gasteiger partial charge in [-0.3, -0.25) is 9.59 Å². The normalized spacial score (nSPS) is 13.8. The van der Waals surface area contributed by atoms with Gasteiger partial charge in [-0.25, -0.2) is 4.68 Å². The van der Waals surface area contributed by atoms with Crippen LogP contribution < -0.4 is 21.5 Å². The lowest BCUT2D eigenvalue weighted by molar-refractivity contribution is 0.0946. The first-order valence-electron chi connectivity index (χ1n) is 11.1. The van der Waals surface area contributed by atoms with E-state index in [4.69, 9.17) is 21.3 Å². The highest BCUT2D eigenvalue weighted by molar-refractivity contribution is 6.03. The van der Waals surface area contributed by atoms with Crippen LogP contribution in [0.5, 0.6) is 5.75 Å². The number of methoxy groups -OCH3 is 1. The molecule has 0 aliphatic heterocycles. The van der Waals surface area contributed by atoms with Crippen molar-refractivity contribution in [2.45, 2.75) is 45.2 Å². The van der Waals surface area contributed by atoms with Gasteiger partial charge in [0.25, 0.3) is 11.8 Å². The molecule has 33 heavy (non-hydrogen) atoms. The Bertz CT molecular complexity index is 1190. The van der Waals surface area contributed by atoms with E-state index in [1.165, 1.54) is 7.11 Å². The fourth-order valence-corrected chi connectivity index (χ4v) is 4.52. The number of hydrogen-bond acceptors (Lipinski definition) is 5. The summed E-state index contributed by atoms with van der Waals surface area (Å²) in [5.74, 6) is 0.0560. The van der Waals surface area contributed by atoms with Crippen LogP contribution in [0, 0.1) is 6.92 Å². The molecule has 172 valence electrons. The Morgan fingerprint density at radius 1 is 1.18 bits per heavy atom. The molecule has 0 spiro atoms. The Labute approximate surface area is 192 Å². The summed E-state index contributed by atoms with van der Waals surface area (Å²) in [6, 6.07) is 13.0. The number of amides is 2. The van der Waals surface area contributed by atoms with E-state index < -0.39 is 5.91 Å². The van der Waals surface area contributed by atoms with E-state index in [2.05, 4.69) is 5.32 Å². The number of primary amides is 1. The van der Waals surface area contributed by atoms with Crippen LogP contribution in [0.3, 0.4) is 0 Å². The molecule has 1 aliphatic rings. The Morgan fingerprint density at radius 2 is 1.91 bits per heavy atom. The first-order chi connectivity index (χ1) is 15.9. The molecular weight excluding hydrogens is 418 g/mol. The number of nitrogens with one attached hydrogen (secondary N) is 1. The van der Waals surface area contributed by atoms with Gasteiger partial charge in [-0.1, -0.05) is 43.2 Å². The van der Waals surface area contributed by atoms with Crippen molar-refractivity contribution >= 4 is 17.6 Å². The SMILES string of the molecule is COc1ccccc1C(=O)NCc1ccc(-c2nn(C3CCCC3)c(N)c2C(N)=O)c(C)c1. The number of aromatic nitrogens is 2. The minimum Gasteiger partial charge on any atom is -0.496 e. The summed E-state index contributed by atoms with van der Waals surface area (Å²) in [6.07, 6.45) is 4.24. The number of hydrogen-bond donors (Lipinski definition) is 3. The number of nitrogens with zero attached hydrogens (tertiary/aromatic N) is 2. The van der Waals surface area contributed by atoms with Crippen molar-refractivity contribution in [2.75, 3.05) is 12.8 Å². The lowest BCUT2D eigenvalue weighted by atomic mass is 9.99. The Hall–Kier alpha value is -3.81. The van der Waals surface area contributed by atoms with Crippen molar-refractivity contribution in [1.82, 2.24) is 15.1 Å². The number of rotatable bonds is 7. The molecule has 3 aromatic rings. The third-order valence-corrected chi connectivity index (χ3v) is 6.22. The zero-order valence-corrected chi connectivity index (χ0v) is 18.9. The first-order valence-corrected chi connectivity index (χ1v) is 11.1. The number of para-hydroxylation sites is 1. The molecule has 0 radical (unpaired) electrons. The van der Waals surface area contributed by atoms with Crippen molar-refractivity contribution in [2.24, 2.45) is 5.73 Å². The van der Waals surface area contributed by atoms with Crippen LogP contribution in [0.1, 0.15) is 63.6 Å². The molecule has 8 heteroatoms. The first kappa shape index (κ1) is 22.4. The predicted molar refractivity (Wildman–Crippen MR) is 127 cm³/mol. The summed E-state index contributed by atoms with van der Waals surface area (Å²) >= 11 is 0. The van der Waals surface area contributed by atoms with E-state index in [1.807, 2.05) is 31.2 Å². The molecule has 1 heterocycles. The highest BCUT2D eigenvalue weighted by Gasteiger charge is 2.27. The smallest absolute Gasteiger partial charge is 0.255 e.